The Balaban J connectivity index is 1.94. The molecule has 2 atom stereocenters. The van der Waals surface area contributed by atoms with E-state index >= 15 is 0 Å². The molecule has 2 amide bonds. The number of imide groups is 1. The first kappa shape index (κ1) is 11.9. The van der Waals surface area contributed by atoms with Gasteiger partial charge in [0.25, 0.3) is 0 Å². The summed E-state index contributed by atoms with van der Waals surface area (Å²) in [4.78, 5) is 36.4. The van der Waals surface area contributed by atoms with Crippen LogP contribution in [-0.4, -0.2) is 22.9 Å². The number of benzene rings is 1. The molecule has 0 spiro atoms. The number of aromatic carboxylic acids is 1. The van der Waals surface area contributed by atoms with E-state index in [1.54, 1.807) is 0 Å². The number of fused-ring (bicyclic) bond motifs is 2. The number of hydrogen-bond acceptors (Lipinski definition) is 3. The van der Waals surface area contributed by atoms with Crippen molar-refractivity contribution in [2.45, 2.75) is 19.3 Å². The Hall–Kier alpha value is -2.17. The molecular formula is C14H13NO4. The summed E-state index contributed by atoms with van der Waals surface area (Å²) in [6.45, 7) is 0. The number of rotatable bonds is 2. The lowest BCUT2D eigenvalue weighted by atomic mass is 9.96. The van der Waals surface area contributed by atoms with Gasteiger partial charge in [-0.3, -0.25) is 14.5 Å². The minimum Gasteiger partial charge on any atom is -0.478 e. The molecule has 5 heteroatoms. The third kappa shape index (κ3) is 1.82. The minimum atomic E-state index is -1.03. The van der Waals surface area contributed by atoms with E-state index in [4.69, 9.17) is 5.11 Å². The summed E-state index contributed by atoms with van der Waals surface area (Å²) >= 11 is 0. The molecule has 1 saturated carbocycles. The summed E-state index contributed by atoms with van der Waals surface area (Å²) in [5.74, 6) is -1.43. The molecule has 0 radical (unpaired) electrons. The van der Waals surface area contributed by atoms with E-state index in [1.165, 1.54) is 29.2 Å². The summed E-state index contributed by atoms with van der Waals surface area (Å²) in [5, 5.41) is 8.84. The molecule has 1 aliphatic carbocycles. The predicted molar refractivity (Wildman–Crippen MR) is 66.7 cm³/mol. The second-order valence-corrected chi connectivity index (χ2v) is 5.07. The Morgan fingerprint density at radius 3 is 2.05 bits per heavy atom. The van der Waals surface area contributed by atoms with Crippen LogP contribution < -0.4 is 4.90 Å². The second kappa shape index (κ2) is 4.19. The van der Waals surface area contributed by atoms with E-state index in [2.05, 4.69) is 0 Å². The molecule has 98 valence electrons. The van der Waals surface area contributed by atoms with E-state index in [-0.39, 0.29) is 29.2 Å². The number of carbonyl (C=O) groups excluding carboxylic acids is 2. The Labute approximate surface area is 109 Å². The van der Waals surface area contributed by atoms with E-state index < -0.39 is 5.97 Å². The van der Waals surface area contributed by atoms with Gasteiger partial charge in [0.15, 0.2) is 0 Å². The summed E-state index contributed by atoms with van der Waals surface area (Å²) < 4.78 is 0. The zero-order valence-corrected chi connectivity index (χ0v) is 10.2. The van der Waals surface area contributed by atoms with E-state index in [9.17, 15) is 14.4 Å². The number of carboxylic acid groups (broad SMARTS) is 1. The van der Waals surface area contributed by atoms with Crippen molar-refractivity contribution in [3.63, 3.8) is 0 Å². The maximum absolute atomic E-state index is 12.2. The summed E-state index contributed by atoms with van der Waals surface area (Å²) in [6, 6.07) is 5.86. The Morgan fingerprint density at radius 1 is 1.05 bits per heavy atom. The molecule has 5 nitrogen and oxygen atoms in total. The van der Waals surface area contributed by atoms with E-state index in [0.717, 1.165) is 12.8 Å². The van der Waals surface area contributed by atoms with Gasteiger partial charge in [0.2, 0.25) is 11.8 Å². The highest BCUT2D eigenvalue weighted by atomic mass is 16.4. The maximum Gasteiger partial charge on any atom is 0.335 e. The maximum atomic E-state index is 12.2. The van der Waals surface area contributed by atoms with Gasteiger partial charge >= 0.3 is 5.97 Å². The molecule has 2 bridgehead atoms. The lowest BCUT2D eigenvalue weighted by molar-refractivity contribution is -0.133. The highest BCUT2D eigenvalue weighted by Gasteiger charge is 2.45. The van der Waals surface area contributed by atoms with Crippen LogP contribution in [0.3, 0.4) is 0 Å². The van der Waals surface area contributed by atoms with Crippen molar-refractivity contribution >= 4 is 23.5 Å². The number of anilines is 1. The van der Waals surface area contributed by atoms with Crippen molar-refractivity contribution in [3.05, 3.63) is 29.8 Å². The standard InChI is InChI=1S/C14H13NO4/c16-12-9-1-2-10(7-9)13(17)15(12)11-5-3-8(4-6-11)14(18)19/h3-6,9-10H,1-2,7H2,(H,18,19). The van der Waals surface area contributed by atoms with Crippen molar-refractivity contribution in [3.8, 4) is 0 Å². The third-order valence-electron chi connectivity index (χ3n) is 3.94. The predicted octanol–water partition coefficient (Wildman–Crippen LogP) is 1.67. The summed E-state index contributed by atoms with van der Waals surface area (Å²) in [5.41, 5.74) is 0.611. The highest BCUT2D eigenvalue weighted by molar-refractivity contribution is 6.18. The van der Waals surface area contributed by atoms with Gasteiger partial charge in [0, 0.05) is 11.8 Å². The van der Waals surface area contributed by atoms with Crippen LogP contribution in [0.5, 0.6) is 0 Å². The Morgan fingerprint density at radius 2 is 1.58 bits per heavy atom. The van der Waals surface area contributed by atoms with Crippen LogP contribution in [0, 0.1) is 11.8 Å². The van der Waals surface area contributed by atoms with Gasteiger partial charge in [-0.1, -0.05) is 0 Å². The van der Waals surface area contributed by atoms with E-state index in [0.29, 0.717) is 12.1 Å². The second-order valence-electron chi connectivity index (χ2n) is 5.07. The average Bonchev–Trinajstić information content (AvgIpc) is 2.84. The van der Waals surface area contributed by atoms with Crippen molar-refractivity contribution in [1.29, 1.82) is 0 Å². The molecule has 1 N–H and O–H groups in total. The quantitative estimate of drug-likeness (QED) is 0.820. The molecular weight excluding hydrogens is 246 g/mol. The van der Waals surface area contributed by atoms with Crippen LogP contribution in [0.15, 0.2) is 24.3 Å². The highest BCUT2D eigenvalue weighted by Crippen LogP contribution is 2.39. The van der Waals surface area contributed by atoms with Crippen LogP contribution in [0.2, 0.25) is 0 Å². The van der Waals surface area contributed by atoms with Gasteiger partial charge in [-0.15, -0.1) is 0 Å². The molecule has 2 unspecified atom stereocenters. The molecule has 2 fully saturated rings. The number of carbonyl (C=O) groups is 3. The van der Waals surface area contributed by atoms with Gasteiger partial charge in [-0.25, -0.2) is 4.79 Å². The van der Waals surface area contributed by atoms with Gasteiger partial charge in [-0.05, 0) is 43.5 Å². The molecule has 1 aliphatic heterocycles. The Kier molecular flexibility index (Phi) is 2.62. The SMILES string of the molecule is O=C(O)c1ccc(N2C(=O)C3CCC(C3)C2=O)cc1. The van der Waals surface area contributed by atoms with Crippen molar-refractivity contribution in [1.82, 2.24) is 0 Å². The smallest absolute Gasteiger partial charge is 0.335 e. The zero-order valence-electron chi connectivity index (χ0n) is 10.2. The first-order valence-electron chi connectivity index (χ1n) is 6.29. The molecule has 2 aliphatic rings. The van der Waals surface area contributed by atoms with Gasteiger partial charge < -0.3 is 5.11 Å². The first-order chi connectivity index (χ1) is 9.08. The molecule has 1 saturated heterocycles. The van der Waals surface area contributed by atoms with Gasteiger partial charge in [0.1, 0.15) is 0 Å². The average molecular weight is 259 g/mol. The number of carboxylic acids is 1. The van der Waals surface area contributed by atoms with Crippen LogP contribution in [0.25, 0.3) is 0 Å². The fourth-order valence-electron chi connectivity index (χ4n) is 2.91. The van der Waals surface area contributed by atoms with E-state index in [1.807, 2.05) is 0 Å². The molecule has 1 aromatic carbocycles. The number of nitrogens with zero attached hydrogens (tertiary/aromatic N) is 1. The van der Waals surface area contributed by atoms with Crippen LogP contribution in [0.1, 0.15) is 29.6 Å². The number of amides is 2. The first-order valence-corrected chi connectivity index (χ1v) is 6.29. The topological polar surface area (TPSA) is 74.7 Å². The number of hydrogen-bond donors (Lipinski definition) is 1. The Bertz CT molecular complexity index is 541. The monoisotopic (exact) mass is 259 g/mol. The lowest BCUT2D eigenvalue weighted by Crippen LogP contribution is -2.46. The summed E-state index contributed by atoms with van der Waals surface area (Å²) in [7, 11) is 0. The summed E-state index contributed by atoms with van der Waals surface area (Å²) in [6.07, 6.45) is 2.22. The molecule has 1 aromatic rings. The fraction of sp³-hybridized carbons (Fsp3) is 0.357. The normalized spacial score (nSPS) is 25.8. The molecule has 19 heavy (non-hydrogen) atoms. The molecule has 3 rings (SSSR count). The molecule has 1 heterocycles. The van der Waals surface area contributed by atoms with Crippen LogP contribution in [0.4, 0.5) is 5.69 Å². The number of piperidine rings is 1. The largest absolute Gasteiger partial charge is 0.478 e. The van der Waals surface area contributed by atoms with Crippen molar-refractivity contribution in [2.24, 2.45) is 11.8 Å². The van der Waals surface area contributed by atoms with Crippen molar-refractivity contribution < 1.29 is 19.5 Å². The van der Waals surface area contributed by atoms with Crippen molar-refractivity contribution in [2.75, 3.05) is 4.90 Å². The fourth-order valence-corrected chi connectivity index (χ4v) is 2.91. The zero-order chi connectivity index (χ0) is 13.6. The molecule has 0 aromatic heterocycles. The third-order valence-corrected chi connectivity index (χ3v) is 3.94. The lowest BCUT2D eigenvalue weighted by Gasteiger charge is -2.29. The minimum absolute atomic E-state index is 0.0538. The van der Waals surface area contributed by atoms with Crippen LogP contribution >= 0.6 is 0 Å². The van der Waals surface area contributed by atoms with Crippen LogP contribution in [-0.2, 0) is 9.59 Å². The van der Waals surface area contributed by atoms with Gasteiger partial charge in [0.05, 0.1) is 11.3 Å². The van der Waals surface area contributed by atoms with Gasteiger partial charge in [-0.2, -0.15) is 0 Å².